The largest absolute Gasteiger partial charge is 0.337 e. The molecule has 0 atom stereocenters. The van der Waals surface area contributed by atoms with Crippen LogP contribution in [0.1, 0.15) is 59.6 Å². The van der Waals surface area contributed by atoms with Crippen LogP contribution in [0.15, 0.2) is 34.9 Å². The third kappa shape index (κ3) is 3.83. The standard InChI is InChI=1S/C18H22BrN3O/c1-22(12-13-6-5-9-15(19)10-13)18(23)16-11-20-21-17(16)14-7-3-2-4-8-14/h5-6,9-11,14H,2-4,7-8,12H2,1H3,(H,20,21). The van der Waals surface area contributed by atoms with Gasteiger partial charge in [-0.15, -0.1) is 0 Å². The molecular weight excluding hydrogens is 354 g/mol. The average molecular weight is 376 g/mol. The Bertz CT molecular complexity index is 676. The summed E-state index contributed by atoms with van der Waals surface area (Å²) in [6, 6.07) is 8.05. The lowest BCUT2D eigenvalue weighted by Gasteiger charge is -2.23. The third-order valence-electron chi connectivity index (χ3n) is 4.57. The molecule has 2 aromatic rings. The third-order valence-corrected chi connectivity index (χ3v) is 5.06. The molecule has 4 nitrogen and oxygen atoms in total. The molecule has 0 saturated heterocycles. The van der Waals surface area contributed by atoms with Crippen molar-refractivity contribution in [3.8, 4) is 0 Å². The van der Waals surface area contributed by atoms with Gasteiger partial charge in [-0.25, -0.2) is 0 Å². The summed E-state index contributed by atoms with van der Waals surface area (Å²) >= 11 is 3.47. The van der Waals surface area contributed by atoms with Crippen molar-refractivity contribution < 1.29 is 4.79 Å². The highest BCUT2D eigenvalue weighted by Crippen LogP contribution is 2.33. The van der Waals surface area contributed by atoms with E-state index in [0.29, 0.717) is 12.5 Å². The van der Waals surface area contributed by atoms with Crippen molar-refractivity contribution in [2.45, 2.75) is 44.6 Å². The molecule has 122 valence electrons. The fourth-order valence-electron chi connectivity index (χ4n) is 3.36. The van der Waals surface area contributed by atoms with Gasteiger partial charge in [-0.05, 0) is 30.5 Å². The van der Waals surface area contributed by atoms with E-state index in [2.05, 4.69) is 26.1 Å². The van der Waals surface area contributed by atoms with E-state index < -0.39 is 0 Å². The number of hydrogen-bond donors (Lipinski definition) is 1. The van der Waals surface area contributed by atoms with Crippen LogP contribution in [-0.2, 0) is 6.54 Å². The fraction of sp³-hybridized carbons (Fsp3) is 0.444. The van der Waals surface area contributed by atoms with Crippen LogP contribution in [0.4, 0.5) is 0 Å². The Morgan fingerprint density at radius 2 is 2.13 bits per heavy atom. The number of aromatic nitrogens is 2. The quantitative estimate of drug-likeness (QED) is 0.855. The molecule has 0 bridgehead atoms. The van der Waals surface area contributed by atoms with Gasteiger partial charge in [0.05, 0.1) is 17.5 Å². The van der Waals surface area contributed by atoms with Crippen LogP contribution in [0.2, 0.25) is 0 Å². The molecule has 0 radical (unpaired) electrons. The maximum absolute atomic E-state index is 12.8. The first kappa shape index (κ1) is 16.2. The molecular formula is C18H22BrN3O. The summed E-state index contributed by atoms with van der Waals surface area (Å²) in [5.41, 5.74) is 2.86. The lowest BCUT2D eigenvalue weighted by Crippen LogP contribution is -2.27. The molecule has 3 rings (SSSR count). The molecule has 1 aliphatic carbocycles. The average Bonchev–Trinajstić information content (AvgIpc) is 3.04. The summed E-state index contributed by atoms with van der Waals surface area (Å²) in [6.45, 7) is 0.591. The van der Waals surface area contributed by atoms with E-state index in [1.165, 1.54) is 19.3 Å². The Morgan fingerprint density at radius 3 is 2.87 bits per heavy atom. The van der Waals surface area contributed by atoms with E-state index in [9.17, 15) is 4.79 Å². The van der Waals surface area contributed by atoms with E-state index in [-0.39, 0.29) is 5.91 Å². The van der Waals surface area contributed by atoms with Crippen LogP contribution < -0.4 is 0 Å². The van der Waals surface area contributed by atoms with Gasteiger partial charge in [0.1, 0.15) is 0 Å². The van der Waals surface area contributed by atoms with E-state index in [1.807, 2.05) is 31.3 Å². The number of rotatable bonds is 4. The molecule has 0 spiro atoms. The number of nitrogens with one attached hydrogen (secondary N) is 1. The topological polar surface area (TPSA) is 49.0 Å². The van der Waals surface area contributed by atoms with Crippen molar-refractivity contribution in [3.05, 3.63) is 51.8 Å². The predicted octanol–water partition coefficient (Wildman–Crippen LogP) is 4.49. The molecule has 1 fully saturated rings. The zero-order valence-corrected chi connectivity index (χ0v) is 15.0. The highest BCUT2D eigenvalue weighted by Gasteiger charge is 2.25. The van der Waals surface area contributed by atoms with Crippen molar-refractivity contribution in [1.82, 2.24) is 15.1 Å². The number of amides is 1. The van der Waals surface area contributed by atoms with Gasteiger partial charge >= 0.3 is 0 Å². The van der Waals surface area contributed by atoms with Gasteiger partial charge in [0.15, 0.2) is 0 Å². The smallest absolute Gasteiger partial charge is 0.257 e. The summed E-state index contributed by atoms with van der Waals surface area (Å²) in [5, 5.41) is 7.22. The van der Waals surface area contributed by atoms with Crippen LogP contribution in [0.25, 0.3) is 0 Å². The van der Waals surface area contributed by atoms with Crippen molar-refractivity contribution in [1.29, 1.82) is 0 Å². The lowest BCUT2D eigenvalue weighted by atomic mass is 9.85. The summed E-state index contributed by atoms with van der Waals surface area (Å²) in [5.74, 6) is 0.490. The molecule has 23 heavy (non-hydrogen) atoms. The molecule has 0 unspecified atom stereocenters. The Morgan fingerprint density at radius 1 is 1.35 bits per heavy atom. The molecule has 1 aromatic heterocycles. The number of benzene rings is 1. The van der Waals surface area contributed by atoms with Gasteiger partial charge in [-0.1, -0.05) is 47.3 Å². The highest BCUT2D eigenvalue weighted by molar-refractivity contribution is 9.10. The minimum absolute atomic E-state index is 0.0410. The second-order valence-corrected chi connectivity index (χ2v) is 7.24. The molecule has 1 heterocycles. The second-order valence-electron chi connectivity index (χ2n) is 6.32. The Balaban J connectivity index is 1.73. The Labute approximate surface area is 145 Å². The van der Waals surface area contributed by atoms with Gasteiger partial charge in [0, 0.05) is 24.0 Å². The fourth-order valence-corrected chi connectivity index (χ4v) is 3.80. The zero-order valence-electron chi connectivity index (χ0n) is 13.4. The first-order valence-electron chi connectivity index (χ1n) is 8.18. The number of nitrogens with zero attached hydrogens (tertiary/aromatic N) is 2. The number of carbonyl (C=O) groups is 1. The molecule has 1 aliphatic rings. The van der Waals surface area contributed by atoms with Crippen LogP contribution in [0.3, 0.4) is 0 Å². The molecule has 1 N–H and O–H groups in total. The molecule has 1 saturated carbocycles. The monoisotopic (exact) mass is 375 g/mol. The van der Waals surface area contributed by atoms with Gasteiger partial charge in [0.2, 0.25) is 0 Å². The van der Waals surface area contributed by atoms with Gasteiger partial charge in [-0.2, -0.15) is 5.10 Å². The summed E-state index contributed by atoms with van der Waals surface area (Å²) < 4.78 is 1.03. The van der Waals surface area contributed by atoms with Crippen LogP contribution in [0.5, 0.6) is 0 Å². The molecule has 1 aromatic carbocycles. The predicted molar refractivity (Wildman–Crippen MR) is 94.4 cm³/mol. The SMILES string of the molecule is CN(Cc1cccc(Br)c1)C(=O)c1cn[nH]c1C1CCCCC1. The highest BCUT2D eigenvalue weighted by atomic mass is 79.9. The van der Waals surface area contributed by atoms with Gasteiger partial charge < -0.3 is 4.90 Å². The lowest BCUT2D eigenvalue weighted by molar-refractivity contribution is 0.0783. The minimum atomic E-state index is 0.0410. The molecule has 1 amide bonds. The maximum atomic E-state index is 12.8. The van der Waals surface area contributed by atoms with Crippen molar-refractivity contribution in [2.24, 2.45) is 0 Å². The Hall–Kier alpha value is -1.62. The number of carbonyl (C=O) groups excluding carboxylic acids is 1. The van der Waals surface area contributed by atoms with E-state index in [1.54, 1.807) is 11.1 Å². The first-order chi connectivity index (χ1) is 11.1. The number of H-pyrrole nitrogens is 1. The normalized spacial score (nSPS) is 15.6. The van der Waals surface area contributed by atoms with E-state index in [4.69, 9.17) is 0 Å². The molecule has 5 heteroatoms. The number of hydrogen-bond acceptors (Lipinski definition) is 2. The van der Waals surface area contributed by atoms with Gasteiger partial charge in [0.25, 0.3) is 5.91 Å². The van der Waals surface area contributed by atoms with Crippen LogP contribution in [0, 0.1) is 0 Å². The number of aromatic amines is 1. The summed E-state index contributed by atoms with van der Waals surface area (Å²) in [7, 11) is 1.85. The second kappa shape index (κ2) is 7.30. The minimum Gasteiger partial charge on any atom is -0.337 e. The van der Waals surface area contributed by atoms with Crippen LogP contribution in [-0.4, -0.2) is 28.1 Å². The van der Waals surface area contributed by atoms with E-state index >= 15 is 0 Å². The van der Waals surface area contributed by atoms with Crippen molar-refractivity contribution in [2.75, 3.05) is 7.05 Å². The van der Waals surface area contributed by atoms with Gasteiger partial charge in [-0.3, -0.25) is 9.89 Å². The zero-order chi connectivity index (χ0) is 16.2. The summed E-state index contributed by atoms with van der Waals surface area (Å²) in [4.78, 5) is 14.6. The summed E-state index contributed by atoms with van der Waals surface area (Å²) in [6.07, 6.45) is 7.77. The Kier molecular flexibility index (Phi) is 5.16. The molecule has 0 aliphatic heterocycles. The number of halogens is 1. The van der Waals surface area contributed by atoms with Crippen LogP contribution >= 0.6 is 15.9 Å². The maximum Gasteiger partial charge on any atom is 0.257 e. The van der Waals surface area contributed by atoms with Crippen molar-refractivity contribution in [3.63, 3.8) is 0 Å². The van der Waals surface area contributed by atoms with Crippen molar-refractivity contribution >= 4 is 21.8 Å². The van der Waals surface area contributed by atoms with E-state index in [0.717, 1.165) is 34.1 Å². The first-order valence-corrected chi connectivity index (χ1v) is 8.97.